The molecule has 0 saturated heterocycles. The van der Waals surface area contributed by atoms with Crippen LogP contribution in [0.5, 0.6) is 11.5 Å². The minimum absolute atomic E-state index is 0.00161. The van der Waals surface area contributed by atoms with Gasteiger partial charge < -0.3 is 14.2 Å². The molecule has 34 heavy (non-hydrogen) atoms. The summed E-state index contributed by atoms with van der Waals surface area (Å²) in [4.78, 5) is 27.6. The van der Waals surface area contributed by atoms with Crippen LogP contribution in [0.3, 0.4) is 0 Å². The summed E-state index contributed by atoms with van der Waals surface area (Å²) in [6.45, 7) is 1.80. The normalized spacial score (nSPS) is 14.0. The van der Waals surface area contributed by atoms with E-state index in [1.807, 2.05) is 12.1 Å². The topological polar surface area (TPSA) is 100 Å². The van der Waals surface area contributed by atoms with E-state index in [0.717, 1.165) is 5.56 Å². The summed E-state index contributed by atoms with van der Waals surface area (Å²) in [5.74, 6) is 0.216. The molecule has 4 rings (SSSR count). The lowest BCUT2D eigenvalue weighted by Gasteiger charge is -2.13. The number of carbonyl (C=O) groups excluding carboxylic acids is 1. The number of halogens is 1. The lowest BCUT2D eigenvalue weighted by atomic mass is 10.1. The summed E-state index contributed by atoms with van der Waals surface area (Å²) in [5, 5.41) is 11.8. The second-order valence-corrected chi connectivity index (χ2v) is 7.78. The standard InChI is InChI=1S/C25H19ClN2O6/c1-15-19(9-5-10-21(15)28(30)31)24-27-20(25(29)34-24)13-17-7-4-11-22(32-2)23(17)33-14-16-6-3-8-18(26)12-16/h3-13H,14H2,1-2H3/b20-13-. The van der Waals surface area contributed by atoms with Gasteiger partial charge >= 0.3 is 5.97 Å². The Morgan fingerprint density at radius 2 is 1.91 bits per heavy atom. The van der Waals surface area contributed by atoms with Crippen molar-refractivity contribution >= 4 is 35.2 Å². The first-order valence-corrected chi connectivity index (χ1v) is 10.6. The monoisotopic (exact) mass is 478 g/mol. The first kappa shape index (κ1) is 23.0. The Hall–Kier alpha value is -4.17. The van der Waals surface area contributed by atoms with Crippen LogP contribution < -0.4 is 9.47 Å². The van der Waals surface area contributed by atoms with E-state index in [2.05, 4.69) is 4.99 Å². The number of nitrogens with zero attached hydrogens (tertiary/aromatic N) is 2. The maximum Gasteiger partial charge on any atom is 0.363 e. The number of methoxy groups -OCH3 is 1. The molecule has 1 aliphatic rings. The number of cyclic esters (lactones) is 1. The summed E-state index contributed by atoms with van der Waals surface area (Å²) >= 11 is 6.05. The van der Waals surface area contributed by atoms with E-state index in [9.17, 15) is 14.9 Å². The summed E-state index contributed by atoms with van der Waals surface area (Å²) in [5.41, 5.74) is 2.08. The predicted octanol–water partition coefficient (Wildman–Crippen LogP) is 5.49. The molecule has 0 spiro atoms. The van der Waals surface area contributed by atoms with E-state index in [4.69, 9.17) is 25.8 Å². The average molecular weight is 479 g/mol. The van der Waals surface area contributed by atoms with E-state index in [0.29, 0.717) is 33.2 Å². The van der Waals surface area contributed by atoms with E-state index >= 15 is 0 Å². The Bertz CT molecular complexity index is 1350. The fourth-order valence-electron chi connectivity index (χ4n) is 3.47. The highest BCUT2D eigenvalue weighted by Crippen LogP contribution is 2.34. The molecule has 0 radical (unpaired) electrons. The molecule has 3 aromatic rings. The van der Waals surface area contributed by atoms with Gasteiger partial charge in [0.05, 0.1) is 12.0 Å². The number of nitro benzene ring substituents is 1. The number of benzene rings is 3. The van der Waals surface area contributed by atoms with Crippen LogP contribution in [0.2, 0.25) is 5.02 Å². The van der Waals surface area contributed by atoms with Crippen molar-refractivity contribution in [3.63, 3.8) is 0 Å². The molecule has 0 N–H and O–H groups in total. The van der Waals surface area contributed by atoms with Crippen molar-refractivity contribution in [2.24, 2.45) is 4.99 Å². The molecule has 9 heteroatoms. The van der Waals surface area contributed by atoms with Gasteiger partial charge in [0.15, 0.2) is 17.2 Å². The number of para-hydroxylation sites is 1. The Morgan fingerprint density at radius 1 is 1.15 bits per heavy atom. The van der Waals surface area contributed by atoms with Gasteiger partial charge in [-0.3, -0.25) is 10.1 Å². The van der Waals surface area contributed by atoms with E-state index in [-0.39, 0.29) is 23.9 Å². The lowest BCUT2D eigenvalue weighted by molar-refractivity contribution is -0.385. The molecule has 0 bridgehead atoms. The molecule has 0 aliphatic carbocycles. The van der Waals surface area contributed by atoms with Crippen LogP contribution in [-0.4, -0.2) is 23.9 Å². The zero-order valence-electron chi connectivity index (χ0n) is 18.3. The molecular weight excluding hydrogens is 460 g/mol. The highest BCUT2D eigenvalue weighted by Gasteiger charge is 2.28. The van der Waals surface area contributed by atoms with Crippen LogP contribution in [0, 0.1) is 17.0 Å². The summed E-state index contributed by atoms with van der Waals surface area (Å²) in [7, 11) is 1.52. The van der Waals surface area contributed by atoms with Crippen molar-refractivity contribution in [2.75, 3.05) is 7.11 Å². The zero-order chi connectivity index (χ0) is 24.2. The molecule has 172 valence electrons. The van der Waals surface area contributed by atoms with Gasteiger partial charge in [-0.25, -0.2) is 9.79 Å². The van der Waals surface area contributed by atoms with Crippen molar-refractivity contribution in [2.45, 2.75) is 13.5 Å². The minimum Gasteiger partial charge on any atom is -0.493 e. The van der Waals surface area contributed by atoms with Crippen LogP contribution in [0.15, 0.2) is 71.4 Å². The first-order valence-electron chi connectivity index (χ1n) is 10.2. The highest BCUT2D eigenvalue weighted by molar-refractivity contribution is 6.30. The van der Waals surface area contributed by atoms with Crippen LogP contribution in [-0.2, 0) is 16.1 Å². The number of esters is 1. The number of hydrogen-bond donors (Lipinski definition) is 0. The summed E-state index contributed by atoms with van der Waals surface area (Å²) in [6.07, 6.45) is 1.53. The molecule has 8 nitrogen and oxygen atoms in total. The Balaban J connectivity index is 1.69. The van der Waals surface area contributed by atoms with Crippen LogP contribution >= 0.6 is 11.6 Å². The predicted molar refractivity (Wildman–Crippen MR) is 127 cm³/mol. The molecule has 0 aromatic heterocycles. The fraction of sp³-hybridized carbons (Fsp3) is 0.120. The van der Waals surface area contributed by atoms with Crippen LogP contribution in [0.4, 0.5) is 5.69 Å². The van der Waals surface area contributed by atoms with Crippen LogP contribution in [0.25, 0.3) is 6.08 Å². The van der Waals surface area contributed by atoms with Crippen molar-refractivity contribution in [3.05, 3.63) is 104 Å². The Morgan fingerprint density at radius 3 is 2.65 bits per heavy atom. The molecule has 0 unspecified atom stereocenters. The van der Waals surface area contributed by atoms with Crippen LogP contribution in [0.1, 0.15) is 22.3 Å². The third kappa shape index (κ3) is 4.77. The number of hydrogen-bond acceptors (Lipinski definition) is 7. The number of ether oxygens (including phenoxy) is 3. The van der Waals surface area contributed by atoms with E-state index in [1.54, 1.807) is 43.3 Å². The molecule has 0 fully saturated rings. The van der Waals surface area contributed by atoms with Gasteiger partial charge in [0, 0.05) is 27.8 Å². The highest BCUT2D eigenvalue weighted by atomic mass is 35.5. The van der Waals surface area contributed by atoms with Crippen molar-refractivity contribution in [3.8, 4) is 11.5 Å². The van der Waals surface area contributed by atoms with Gasteiger partial charge in [-0.1, -0.05) is 41.9 Å². The quantitative estimate of drug-likeness (QED) is 0.193. The zero-order valence-corrected chi connectivity index (χ0v) is 19.0. The third-order valence-corrected chi connectivity index (χ3v) is 5.38. The van der Waals surface area contributed by atoms with Gasteiger partial charge in [-0.15, -0.1) is 0 Å². The molecule has 1 heterocycles. The minimum atomic E-state index is -0.676. The lowest BCUT2D eigenvalue weighted by Crippen LogP contribution is -2.08. The number of carbonyl (C=O) groups is 1. The maximum atomic E-state index is 12.5. The maximum absolute atomic E-state index is 12.5. The first-order chi connectivity index (χ1) is 16.4. The second kappa shape index (κ2) is 9.76. The number of aliphatic imine (C=N–C) groups is 1. The largest absolute Gasteiger partial charge is 0.493 e. The fourth-order valence-corrected chi connectivity index (χ4v) is 3.68. The summed E-state index contributed by atoms with van der Waals surface area (Å²) in [6, 6.07) is 17.0. The molecular formula is C25H19ClN2O6. The second-order valence-electron chi connectivity index (χ2n) is 7.34. The molecule has 1 aliphatic heterocycles. The van der Waals surface area contributed by atoms with Gasteiger partial charge in [-0.05, 0) is 42.8 Å². The van der Waals surface area contributed by atoms with Gasteiger partial charge in [0.2, 0.25) is 5.90 Å². The third-order valence-electron chi connectivity index (χ3n) is 5.15. The Labute approximate surface area is 200 Å². The van der Waals surface area contributed by atoms with Gasteiger partial charge in [0.25, 0.3) is 5.69 Å². The molecule has 0 atom stereocenters. The Kier molecular flexibility index (Phi) is 6.60. The average Bonchev–Trinajstić information content (AvgIpc) is 3.17. The van der Waals surface area contributed by atoms with Gasteiger partial charge in [-0.2, -0.15) is 0 Å². The van der Waals surface area contributed by atoms with Crippen molar-refractivity contribution in [1.82, 2.24) is 0 Å². The number of rotatable bonds is 7. The molecule has 3 aromatic carbocycles. The SMILES string of the molecule is COc1cccc(/C=C2\N=C(c3cccc([N+](=O)[O-])c3C)OC2=O)c1OCc1cccc(Cl)c1. The molecule has 0 amide bonds. The van der Waals surface area contributed by atoms with Crippen molar-refractivity contribution in [1.29, 1.82) is 0 Å². The van der Waals surface area contributed by atoms with Gasteiger partial charge in [0.1, 0.15) is 6.61 Å². The number of nitro groups is 1. The van der Waals surface area contributed by atoms with E-state index < -0.39 is 10.9 Å². The van der Waals surface area contributed by atoms with Crippen molar-refractivity contribution < 1.29 is 23.9 Å². The summed E-state index contributed by atoms with van der Waals surface area (Å²) < 4.78 is 16.8. The molecule has 0 saturated carbocycles. The van der Waals surface area contributed by atoms with E-state index in [1.165, 1.54) is 25.3 Å². The smallest absolute Gasteiger partial charge is 0.363 e.